The Morgan fingerprint density at radius 3 is 2.58 bits per heavy atom. The predicted molar refractivity (Wildman–Crippen MR) is 110 cm³/mol. The zero-order valence-corrected chi connectivity index (χ0v) is 18.8. The molecular weight excluding hydrogens is 433 g/mol. The number of aliphatic hydroxyl groups excluding tert-OH is 3. The van der Waals surface area contributed by atoms with Crippen molar-refractivity contribution in [2.24, 2.45) is 0 Å². The molecule has 6 N–H and O–H groups in total. The van der Waals surface area contributed by atoms with Crippen LogP contribution in [0.15, 0.2) is 6.33 Å². The fourth-order valence-electron chi connectivity index (χ4n) is 2.78. The second kappa shape index (κ2) is 10.2. The number of hydrogen-bond donors (Lipinski definition) is 5. The van der Waals surface area contributed by atoms with Gasteiger partial charge in [-0.15, -0.1) is 0 Å². The van der Waals surface area contributed by atoms with E-state index in [1.54, 1.807) is 13.8 Å². The van der Waals surface area contributed by atoms with Gasteiger partial charge in [-0.05, 0) is 20.3 Å². The molecule has 2 heterocycles. The third-order valence-electron chi connectivity index (χ3n) is 4.88. The van der Waals surface area contributed by atoms with Crippen LogP contribution in [0.5, 0.6) is 5.88 Å². The van der Waals surface area contributed by atoms with Crippen molar-refractivity contribution in [1.82, 2.24) is 19.5 Å². The Morgan fingerprint density at radius 2 is 2.03 bits per heavy atom. The highest BCUT2D eigenvalue weighted by molar-refractivity contribution is 7.53. The van der Waals surface area contributed by atoms with Crippen molar-refractivity contribution in [1.29, 1.82) is 0 Å². The maximum Gasteiger partial charge on any atom is 0.356 e. The van der Waals surface area contributed by atoms with Crippen LogP contribution in [-0.2, 0) is 13.8 Å². The largest absolute Gasteiger partial charge is 0.479 e. The molecule has 5 atom stereocenters. The van der Waals surface area contributed by atoms with Crippen LogP contribution >= 0.6 is 7.60 Å². The molecule has 0 radical (unpaired) electrons. The number of imidazole rings is 1. The number of nitrogens with two attached hydrogens (primary N) is 1. The Hall–Kier alpha value is -1.86. The summed E-state index contributed by atoms with van der Waals surface area (Å²) in [6.45, 7) is 3.91. The lowest BCUT2D eigenvalue weighted by molar-refractivity contribution is -0.106. The van der Waals surface area contributed by atoms with Gasteiger partial charge in [0.15, 0.2) is 23.2 Å². The first kappa shape index (κ1) is 25.4. The first-order chi connectivity index (χ1) is 14.5. The average Bonchev–Trinajstić information content (AvgIpc) is 3.13. The standard InChI is InChI=1S/C17H30N5O8P/c1-5-17(3,30-31(26,27)10(2)24)6-7-29-15(11(25)8-23)22-9-19-12-13(22)20-16(18)21-14(12)28-4/h9-11,15,23-25H,5-8H2,1-4H3,(H,26,27)(H2,18,20,21)/t10?,11-,15-,17?/m1/s1. The summed E-state index contributed by atoms with van der Waals surface area (Å²) < 4.78 is 29.7. The molecule has 0 aliphatic carbocycles. The molecule has 0 aromatic carbocycles. The van der Waals surface area contributed by atoms with E-state index in [0.717, 1.165) is 0 Å². The summed E-state index contributed by atoms with van der Waals surface area (Å²) in [5, 5.41) is 29.3. The molecule has 2 aromatic rings. The van der Waals surface area contributed by atoms with Crippen LogP contribution in [0.4, 0.5) is 5.95 Å². The third-order valence-corrected chi connectivity index (χ3v) is 6.53. The lowest BCUT2D eigenvalue weighted by Crippen LogP contribution is -2.33. The van der Waals surface area contributed by atoms with Gasteiger partial charge in [-0.1, -0.05) is 6.92 Å². The topological polar surface area (TPSA) is 195 Å². The van der Waals surface area contributed by atoms with E-state index in [2.05, 4.69) is 15.0 Å². The number of methoxy groups -OCH3 is 1. The SMILES string of the molecule is CCC(C)(CCO[C@H]([C@H](O)CO)n1cnc2c(OC)nc(N)nc21)OP(=O)(O)C(C)O. The monoisotopic (exact) mass is 463 g/mol. The van der Waals surface area contributed by atoms with Crippen LogP contribution in [0.25, 0.3) is 11.2 Å². The van der Waals surface area contributed by atoms with Crippen molar-refractivity contribution < 1.29 is 38.8 Å². The summed E-state index contributed by atoms with van der Waals surface area (Å²) in [5.74, 6) is -1.48. The molecule has 0 saturated heterocycles. The molecular formula is C17H30N5O8P. The summed E-state index contributed by atoms with van der Waals surface area (Å²) in [4.78, 5) is 22.1. The Morgan fingerprint density at radius 1 is 1.35 bits per heavy atom. The van der Waals surface area contributed by atoms with Gasteiger partial charge in [0.25, 0.3) is 0 Å². The fourth-order valence-corrected chi connectivity index (χ4v) is 3.78. The van der Waals surface area contributed by atoms with Gasteiger partial charge in [-0.2, -0.15) is 9.97 Å². The molecule has 176 valence electrons. The number of fused-ring (bicyclic) bond motifs is 1. The zero-order valence-electron chi connectivity index (χ0n) is 17.9. The molecule has 0 fully saturated rings. The number of anilines is 1. The van der Waals surface area contributed by atoms with E-state index < -0.39 is 38.0 Å². The molecule has 2 aromatic heterocycles. The predicted octanol–water partition coefficient (Wildman–Crippen LogP) is 0.385. The van der Waals surface area contributed by atoms with E-state index in [4.69, 9.17) is 19.7 Å². The highest BCUT2D eigenvalue weighted by Crippen LogP contribution is 2.51. The Bertz CT molecular complexity index is 925. The molecule has 0 amide bonds. The van der Waals surface area contributed by atoms with Gasteiger partial charge in [-0.3, -0.25) is 9.13 Å². The van der Waals surface area contributed by atoms with Gasteiger partial charge in [0, 0.05) is 6.42 Å². The van der Waals surface area contributed by atoms with Crippen molar-refractivity contribution in [3.63, 3.8) is 0 Å². The van der Waals surface area contributed by atoms with Gasteiger partial charge in [0.1, 0.15) is 6.10 Å². The molecule has 0 bridgehead atoms. The quantitative estimate of drug-likeness (QED) is 0.272. The van der Waals surface area contributed by atoms with E-state index >= 15 is 0 Å². The highest BCUT2D eigenvalue weighted by atomic mass is 31.2. The summed E-state index contributed by atoms with van der Waals surface area (Å²) in [5.41, 5.74) is 5.15. The minimum Gasteiger partial charge on any atom is -0.479 e. The molecule has 0 aliphatic rings. The minimum atomic E-state index is -4.24. The number of rotatable bonds is 12. The van der Waals surface area contributed by atoms with Crippen LogP contribution in [0.1, 0.15) is 39.8 Å². The maximum atomic E-state index is 12.1. The second-order valence-electron chi connectivity index (χ2n) is 7.27. The van der Waals surface area contributed by atoms with Crippen LogP contribution in [0, 0.1) is 0 Å². The average molecular weight is 463 g/mol. The van der Waals surface area contributed by atoms with Gasteiger partial charge in [-0.25, -0.2) is 4.98 Å². The van der Waals surface area contributed by atoms with Crippen LogP contribution in [0.3, 0.4) is 0 Å². The van der Waals surface area contributed by atoms with Crippen molar-refractivity contribution in [2.75, 3.05) is 26.1 Å². The molecule has 2 rings (SSSR count). The van der Waals surface area contributed by atoms with E-state index in [9.17, 15) is 24.8 Å². The highest BCUT2D eigenvalue weighted by Gasteiger charge is 2.37. The van der Waals surface area contributed by atoms with Gasteiger partial charge in [0.05, 0.1) is 32.3 Å². The normalized spacial score (nSPS) is 18.8. The number of nitrogens with zero attached hydrogens (tertiary/aromatic N) is 4. The molecule has 14 heteroatoms. The fraction of sp³-hybridized carbons (Fsp3) is 0.706. The Kier molecular flexibility index (Phi) is 8.34. The van der Waals surface area contributed by atoms with Crippen molar-refractivity contribution in [3.05, 3.63) is 6.33 Å². The second-order valence-corrected chi connectivity index (χ2v) is 9.33. The molecule has 3 unspecified atom stereocenters. The third kappa shape index (κ3) is 5.89. The van der Waals surface area contributed by atoms with E-state index in [-0.39, 0.29) is 36.0 Å². The summed E-state index contributed by atoms with van der Waals surface area (Å²) in [7, 11) is -2.84. The lowest BCUT2D eigenvalue weighted by Gasteiger charge is -2.32. The van der Waals surface area contributed by atoms with E-state index in [0.29, 0.717) is 6.42 Å². The van der Waals surface area contributed by atoms with Crippen molar-refractivity contribution >= 4 is 24.7 Å². The smallest absolute Gasteiger partial charge is 0.356 e. The number of ether oxygens (including phenoxy) is 2. The molecule has 31 heavy (non-hydrogen) atoms. The van der Waals surface area contributed by atoms with Crippen LogP contribution < -0.4 is 10.5 Å². The summed E-state index contributed by atoms with van der Waals surface area (Å²) >= 11 is 0. The van der Waals surface area contributed by atoms with Gasteiger partial charge < -0.3 is 39.9 Å². The van der Waals surface area contributed by atoms with Crippen LogP contribution in [-0.4, -0.2) is 77.6 Å². The number of aliphatic hydroxyl groups is 3. The summed E-state index contributed by atoms with van der Waals surface area (Å²) in [6, 6.07) is 0. The molecule has 0 spiro atoms. The van der Waals surface area contributed by atoms with E-state index in [1.807, 2.05) is 0 Å². The molecule has 13 nitrogen and oxygen atoms in total. The number of nitrogen functional groups attached to an aromatic ring is 1. The lowest BCUT2D eigenvalue weighted by atomic mass is 10.0. The summed E-state index contributed by atoms with van der Waals surface area (Å²) in [6.07, 6.45) is -0.587. The van der Waals surface area contributed by atoms with Gasteiger partial charge >= 0.3 is 7.60 Å². The minimum absolute atomic E-state index is 0.0246. The van der Waals surface area contributed by atoms with Crippen molar-refractivity contribution in [3.8, 4) is 5.88 Å². The van der Waals surface area contributed by atoms with Gasteiger partial charge in [0.2, 0.25) is 11.8 Å². The first-order valence-electron chi connectivity index (χ1n) is 9.63. The number of hydrogen-bond acceptors (Lipinski definition) is 11. The zero-order chi connectivity index (χ0) is 23.4. The van der Waals surface area contributed by atoms with E-state index in [1.165, 1.54) is 24.9 Å². The van der Waals surface area contributed by atoms with Crippen LogP contribution in [0.2, 0.25) is 0 Å². The van der Waals surface area contributed by atoms with Crippen molar-refractivity contribution in [2.45, 2.75) is 57.4 Å². The molecule has 0 aliphatic heterocycles. The maximum absolute atomic E-state index is 12.1. The number of aromatic nitrogens is 4. The molecule has 0 saturated carbocycles. The Labute approximate surface area is 179 Å². The first-order valence-corrected chi connectivity index (χ1v) is 11.3. The Balaban J connectivity index is 2.25.